The van der Waals surface area contributed by atoms with Gasteiger partial charge in [-0.05, 0) is 54.4 Å². The van der Waals surface area contributed by atoms with Crippen LogP contribution in [-0.2, 0) is 4.79 Å². The highest BCUT2D eigenvalue weighted by atomic mass is 16.7. The molecule has 152 valence electrons. The summed E-state index contributed by atoms with van der Waals surface area (Å²) in [6.45, 7) is 11.3. The van der Waals surface area contributed by atoms with Crippen LogP contribution >= 0.6 is 0 Å². The Bertz CT molecular complexity index is 822. The second-order valence-electron chi connectivity index (χ2n) is 9.73. The second kappa shape index (κ2) is 6.82. The summed E-state index contributed by atoms with van der Waals surface area (Å²) in [7, 11) is 0. The van der Waals surface area contributed by atoms with Gasteiger partial charge in [-0.3, -0.25) is 4.79 Å². The molecule has 2 aliphatic carbocycles. The number of esters is 1. The van der Waals surface area contributed by atoms with Crippen molar-refractivity contribution in [1.82, 2.24) is 0 Å². The van der Waals surface area contributed by atoms with Gasteiger partial charge in [0.15, 0.2) is 11.5 Å². The van der Waals surface area contributed by atoms with Crippen molar-refractivity contribution in [3.05, 3.63) is 23.3 Å². The summed E-state index contributed by atoms with van der Waals surface area (Å²) in [4.78, 5) is 11.7. The Morgan fingerprint density at radius 1 is 1.14 bits per heavy atom. The van der Waals surface area contributed by atoms with Crippen molar-refractivity contribution in [2.45, 2.75) is 66.7 Å². The summed E-state index contributed by atoms with van der Waals surface area (Å²) >= 11 is 0. The molecule has 0 unspecified atom stereocenters. The third-order valence-corrected chi connectivity index (χ3v) is 7.38. The molecule has 0 bridgehead atoms. The lowest BCUT2D eigenvalue weighted by Crippen LogP contribution is -2.47. The maximum Gasteiger partial charge on any atom is 0.308 e. The van der Waals surface area contributed by atoms with Crippen LogP contribution < -0.4 is 14.2 Å². The van der Waals surface area contributed by atoms with Gasteiger partial charge >= 0.3 is 5.97 Å². The molecule has 28 heavy (non-hydrogen) atoms. The van der Waals surface area contributed by atoms with Crippen molar-refractivity contribution in [3.63, 3.8) is 0 Å². The standard InChI is InChI=1S/C24H32O4/c1-15-7-8-22-23(3,4)9-6-10-24(22,5)18(15)11-17-12-20-21(27-14-26-20)13-19(17)28-16(2)25/h11-13,15,22H,6-10,14H2,1-5H3/b18-11+/t15-,22+,24-/m1/s1. The molecule has 3 aliphatic rings. The van der Waals surface area contributed by atoms with E-state index in [2.05, 4.69) is 33.8 Å². The fourth-order valence-corrected chi connectivity index (χ4v) is 6.08. The summed E-state index contributed by atoms with van der Waals surface area (Å²) in [5.74, 6) is 2.79. The largest absolute Gasteiger partial charge is 0.454 e. The zero-order valence-corrected chi connectivity index (χ0v) is 17.8. The summed E-state index contributed by atoms with van der Waals surface area (Å²) in [5.41, 5.74) is 2.94. The minimum Gasteiger partial charge on any atom is -0.454 e. The van der Waals surface area contributed by atoms with E-state index in [0.29, 0.717) is 28.7 Å². The Hall–Kier alpha value is -1.97. The highest BCUT2D eigenvalue weighted by Gasteiger charge is 2.51. The minimum absolute atomic E-state index is 0.184. The van der Waals surface area contributed by atoms with Gasteiger partial charge in [0.2, 0.25) is 6.79 Å². The van der Waals surface area contributed by atoms with Crippen LogP contribution in [-0.4, -0.2) is 12.8 Å². The van der Waals surface area contributed by atoms with Crippen LogP contribution in [0.25, 0.3) is 6.08 Å². The first-order valence-electron chi connectivity index (χ1n) is 10.5. The normalized spacial score (nSPS) is 32.1. The van der Waals surface area contributed by atoms with Crippen molar-refractivity contribution in [2.75, 3.05) is 6.79 Å². The Morgan fingerprint density at radius 3 is 2.57 bits per heavy atom. The maximum absolute atomic E-state index is 11.7. The molecule has 3 atom stereocenters. The van der Waals surface area contributed by atoms with E-state index in [4.69, 9.17) is 14.2 Å². The van der Waals surface area contributed by atoms with Crippen LogP contribution in [0.2, 0.25) is 0 Å². The molecule has 0 radical (unpaired) electrons. The van der Waals surface area contributed by atoms with Crippen LogP contribution in [0.4, 0.5) is 0 Å². The first kappa shape index (κ1) is 19.4. The van der Waals surface area contributed by atoms with Gasteiger partial charge in [0.05, 0.1) is 0 Å². The van der Waals surface area contributed by atoms with E-state index in [1.54, 1.807) is 6.07 Å². The van der Waals surface area contributed by atoms with E-state index in [1.165, 1.54) is 44.6 Å². The molecule has 2 saturated carbocycles. The third kappa shape index (κ3) is 3.21. The van der Waals surface area contributed by atoms with Gasteiger partial charge in [-0.2, -0.15) is 0 Å². The molecule has 1 aromatic rings. The number of fused-ring (bicyclic) bond motifs is 2. The second-order valence-corrected chi connectivity index (χ2v) is 9.73. The predicted molar refractivity (Wildman–Crippen MR) is 109 cm³/mol. The lowest BCUT2D eigenvalue weighted by atomic mass is 9.48. The molecular weight excluding hydrogens is 352 g/mol. The first-order chi connectivity index (χ1) is 13.2. The van der Waals surface area contributed by atoms with E-state index in [-0.39, 0.29) is 18.2 Å². The number of hydrogen-bond donors (Lipinski definition) is 0. The number of ether oxygens (including phenoxy) is 3. The molecule has 1 heterocycles. The lowest BCUT2D eigenvalue weighted by Gasteiger charge is -2.56. The van der Waals surface area contributed by atoms with Crippen molar-refractivity contribution >= 4 is 12.0 Å². The monoisotopic (exact) mass is 384 g/mol. The van der Waals surface area contributed by atoms with Gasteiger partial charge < -0.3 is 14.2 Å². The van der Waals surface area contributed by atoms with Crippen LogP contribution in [0.3, 0.4) is 0 Å². The summed E-state index contributed by atoms with van der Waals surface area (Å²) in [5, 5.41) is 0. The number of carbonyl (C=O) groups is 1. The fourth-order valence-electron chi connectivity index (χ4n) is 6.08. The summed E-state index contributed by atoms with van der Waals surface area (Å²) in [6.07, 6.45) is 8.58. The average molecular weight is 385 g/mol. The first-order valence-corrected chi connectivity index (χ1v) is 10.5. The van der Waals surface area contributed by atoms with E-state index in [9.17, 15) is 4.79 Å². The molecule has 0 amide bonds. The van der Waals surface area contributed by atoms with Crippen LogP contribution in [0.5, 0.6) is 17.2 Å². The fraction of sp³-hybridized carbons (Fsp3) is 0.625. The number of carbonyl (C=O) groups excluding carboxylic acids is 1. The average Bonchev–Trinajstić information content (AvgIpc) is 3.04. The predicted octanol–water partition coefficient (Wildman–Crippen LogP) is 5.99. The minimum atomic E-state index is -0.321. The molecular formula is C24H32O4. The number of benzene rings is 1. The Kier molecular flexibility index (Phi) is 4.71. The molecule has 4 nitrogen and oxygen atoms in total. The number of hydrogen-bond acceptors (Lipinski definition) is 4. The molecule has 4 heteroatoms. The Balaban J connectivity index is 1.81. The van der Waals surface area contributed by atoms with Gasteiger partial charge in [0.25, 0.3) is 0 Å². The van der Waals surface area contributed by atoms with Gasteiger partial charge in [0, 0.05) is 18.6 Å². The molecule has 4 rings (SSSR count). The van der Waals surface area contributed by atoms with Crippen molar-refractivity contribution in [2.24, 2.45) is 22.7 Å². The Labute approximate surface area is 168 Å². The summed E-state index contributed by atoms with van der Waals surface area (Å²) < 4.78 is 16.6. The van der Waals surface area contributed by atoms with Gasteiger partial charge in [-0.1, -0.05) is 45.8 Å². The zero-order valence-electron chi connectivity index (χ0n) is 17.8. The van der Waals surface area contributed by atoms with E-state index in [0.717, 1.165) is 11.3 Å². The van der Waals surface area contributed by atoms with Gasteiger partial charge in [-0.15, -0.1) is 0 Å². The zero-order chi connectivity index (χ0) is 20.1. The smallest absolute Gasteiger partial charge is 0.308 e. The highest BCUT2D eigenvalue weighted by molar-refractivity contribution is 5.74. The topological polar surface area (TPSA) is 44.8 Å². The molecule has 0 spiro atoms. The molecule has 0 saturated heterocycles. The summed E-state index contributed by atoms with van der Waals surface area (Å²) in [6, 6.07) is 3.75. The molecule has 2 fully saturated rings. The quantitative estimate of drug-likeness (QED) is 0.464. The van der Waals surface area contributed by atoms with Crippen LogP contribution in [0.15, 0.2) is 17.7 Å². The van der Waals surface area contributed by atoms with Crippen LogP contribution in [0, 0.1) is 22.7 Å². The molecule has 0 aromatic heterocycles. The van der Waals surface area contributed by atoms with E-state index >= 15 is 0 Å². The molecule has 1 aliphatic heterocycles. The van der Waals surface area contributed by atoms with Gasteiger partial charge in [-0.25, -0.2) is 0 Å². The highest BCUT2D eigenvalue weighted by Crippen LogP contribution is 2.61. The molecule has 0 N–H and O–H groups in total. The van der Waals surface area contributed by atoms with E-state index < -0.39 is 0 Å². The lowest BCUT2D eigenvalue weighted by molar-refractivity contribution is -0.131. The van der Waals surface area contributed by atoms with Crippen molar-refractivity contribution in [1.29, 1.82) is 0 Å². The number of allylic oxidation sites excluding steroid dienone is 1. The van der Waals surface area contributed by atoms with E-state index in [1.807, 2.05) is 6.07 Å². The number of rotatable bonds is 2. The third-order valence-electron chi connectivity index (χ3n) is 7.38. The van der Waals surface area contributed by atoms with Crippen molar-refractivity contribution < 1.29 is 19.0 Å². The van der Waals surface area contributed by atoms with Crippen molar-refractivity contribution in [3.8, 4) is 17.2 Å². The molecule has 1 aromatic carbocycles. The SMILES string of the molecule is CC(=O)Oc1cc2c(cc1/C=C1\[C@H](C)CC[C@H]3C(C)(C)CCC[C@]13C)OCO2. The Morgan fingerprint density at radius 2 is 1.86 bits per heavy atom. The van der Waals surface area contributed by atoms with Gasteiger partial charge in [0.1, 0.15) is 5.75 Å². The maximum atomic E-state index is 11.7. The van der Waals surface area contributed by atoms with Crippen LogP contribution in [0.1, 0.15) is 72.3 Å².